The lowest BCUT2D eigenvalue weighted by atomic mass is 10.2. The van der Waals surface area contributed by atoms with E-state index in [1.54, 1.807) is 6.20 Å². The standard InChI is InChI=1S/C10H17N3O2/c11-8-9-1-2-12-10(7-9)13(3-5-14)4-6-15/h1-2,7,14-15H,3-6,8,11H2. The van der Waals surface area contributed by atoms with E-state index in [0.717, 1.165) is 11.4 Å². The van der Waals surface area contributed by atoms with Gasteiger partial charge in [-0.1, -0.05) is 0 Å². The van der Waals surface area contributed by atoms with Crippen LogP contribution in [0.5, 0.6) is 0 Å². The normalized spacial score (nSPS) is 10.3. The topological polar surface area (TPSA) is 82.6 Å². The van der Waals surface area contributed by atoms with Crippen LogP contribution in [0.1, 0.15) is 5.56 Å². The predicted molar refractivity (Wildman–Crippen MR) is 58.5 cm³/mol. The third-order valence-corrected chi connectivity index (χ3v) is 2.11. The molecule has 1 rings (SSSR count). The monoisotopic (exact) mass is 211 g/mol. The van der Waals surface area contributed by atoms with Gasteiger partial charge in [0.05, 0.1) is 13.2 Å². The molecule has 0 radical (unpaired) electrons. The van der Waals surface area contributed by atoms with Crippen LogP contribution in [-0.2, 0) is 6.54 Å². The Morgan fingerprint density at radius 1 is 1.27 bits per heavy atom. The van der Waals surface area contributed by atoms with Crippen LogP contribution in [0, 0.1) is 0 Å². The van der Waals surface area contributed by atoms with Crippen molar-refractivity contribution in [3.05, 3.63) is 23.9 Å². The van der Waals surface area contributed by atoms with Gasteiger partial charge < -0.3 is 20.8 Å². The molecule has 4 N–H and O–H groups in total. The van der Waals surface area contributed by atoms with Crippen LogP contribution in [-0.4, -0.2) is 41.5 Å². The molecule has 1 aromatic heterocycles. The van der Waals surface area contributed by atoms with Crippen molar-refractivity contribution in [1.29, 1.82) is 0 Å². The molecule has 0 spiro atoms. The van der Waals surface area contributed by atoms with Gasteiger partial charge in [0.1, 0.15) is 5.82 Å². The van der Waals surface area contributed by atoms with E-state index < -0.39 is 0 Å². The second-order valence-corrected chi connectivity index (χ2v) is 3.16. The lowest BCUT2D eigenvalue weighted by Crippen LogP contribution is -2.30. The highest BCUT2D eigenvalue weighted by molar-refractivity contribution is 5.40. The van der Waals surface area contributed by atoms with Gasteiger partial charge in [-0.05, 0) is 17.7 Å². The molecule has 15 heavy (non-hydrogen) atoms. The molecular weight excluding hydrogens is 194 g/mol. The first-order valence-corrected chi connectivity index (χ1v) is 4.93. The van der Waals surface area contributed by atoms with Crippen LogP contribution in [0.4, 0.5) is 5.82 Å². The summed E-state index contributed by atoms with van der Waals surface area (Å²) >= 11 is 0. The van der Waals surface area contributed by atoms with Crippen molar-refractivity contribution in [2.24, 2.45) is 5.73 Å². The van der Waals surface area contributed by atoms with Crippen molar-refractivity contribution in [2.45, 2.75) is 6.54 Å². The quantitative estimate of drug-likeness (QED) is 0.581. The number of aliphatic hydroxyl groups is 2. The van der Waals surface area contributed by atoms with E-state index in [1.807, 2.05) is 17.0 Å². The molecule has 84 valence electrons. The largest absolute Gasteiger partial charge is 0.395 e. The van der Waals surface area contributed by atoms with Gasteiger partial charge in [0.2, 0.25) is 0 Å². The third kappa shape index (κ3) is 3.47. The Bertz CT molecular complexity index is 288. The number of hydrogen-bond donors (Lipinski definition) is 3. The SMILES string of the molecule is NCc1ccnc(N(CCO)CCO)c1. The molecule has 0 aliphatic rings. The van der Waals surface area contributed by atoms with Gasteiger partial charge in [-0.3, -0.25) is 0 Å². The molecular formula is C10H17N3O2. The van der Waals surface area contributed by atoms with Crippen molar-refractivity contribution in [3.8, 4) is 0 Å². The number of rotatable bonds is 6. The number of nitrogens with zero attached hydrogens (tertiary/aromatic N) is 2. The zero-order valence-corrected chi connectivity index (χ0v) is 8.63. The fraction of sp³-hybridized carbons (Fsp3) is 0.500. The van der Waals surface area contributed by atoms with Gasteiger partial charge in [0.25, 0.3) is 0 Å². The van der Waals surface area contributed by atoms with Crippen LogP contribution in [0.3, 0.4) is 0 Å². The smallest absolute Gasteiger partial charge is 0.128 e. The summed E-state index contributed by atoms with van der Waals surface area (Å²) in [4.78, 5) is 5.99. The molecule has 0 saturated carbocycles. The summed E-state index contributed by atoms with van der Waals surface area (Å²) in [6, 6.07) is 3.71. The number of anilines is 1. The molecule has 0 saturated heterocycles. The molecule has 0 bridgehead atoms. The highest BCUT2D eigenvalue weighted by Gasteiger charge is 2.06. The minimum absolute atomic E-state index is 0.0362. The van der Waals surface area contributed by atoms with Crippen molar-refractivity contribution < 1.29 is 10.2 Å². The highest BCUT2D eigenvalue weighted by atomic mass is 16.3. The number of nitrogens with two attached hydrogens (primary N) is 1. The summed E-state index contributed by atoms with van der Waals surface area (Å²) in [6.07, 6.45) is 1.68. The maximum Gasteiger partial charge on any atom is 0.128 e. The van der Waals surface area contributed by atoms with Crippen LogP contribution in [0.25, 0.3) is 0 Å². The average Bonchev–Trinajstić information content (AvgIpc) is 2.29. The Kier molecular flexibility index (Phi) is 5.03. The van der Waals surface area contributed by atoms with Crippen molar-refractivity contribution >= 4 is 5.82 Å². The van der Waals surface area contributed by atoms with Gasteiger partial charge in [0, 0.05) is 25.8 Å². The minimum atomic E-state index is 0.0362. The summed E-state index contributed by atoms with van der Waals surface area (Å²) in [6.45, 7) is 1.45. The first-order chi connectivity index (χ1) is 7.31. The second kappa shape index (κ2) is 6.34. The average molecular weight is 211 g/mol. The minimum Gasteiger partial charge on any atom is -0.395 e. The molecule has 5 nitrogen and oxygen atoms in total. The van der Waals surface area contributed by atoms with E-state index >= 15 is 0 Å². The summed E-state index contributed by atoms with van der Waals surface area (Å²) < 4.78 is 0. The number of pyridine rings is 1. The number of aliphatic hydroxyl groups excluding tert-OH is 2. The summed E-state index contributed by atoms with van der Waals surface area (Å²) in [7, 11) is 0. The van der Waals surface area contributed by atoms with E-state index in [2.05, 4.69) is 4.98 Å². The molecule has 0 aliphatic heterocycles. The van der Waals surface area contributed by atoms with Crippen molar-refractivity contribution in [1.82, 2.24) is 4.98 Å². The molecule has 0 amide bonds. The van der Waals surface area contributed by atoms with Gasteiger partial charge in [0.15, 0.2) is 0 Å². The molecule has 0 fully saturated rings. The molecule has 1 heterocycles. The van der Waals surface area contributed by atoms with E-state index in [-0.39, 0.29) is 13.2 Å². The van der Waals surface area contributed by atoms with Crippen molar-refractivity contribution in [2.75, 3.05) is 31.2 Å². The van der Waals surface area contributed by atoms with Crippen LogP contribution in [0.2, 0.25) is 0 Å². The maximum atomic E-state index is 8.88. The maximum absolute atomic E-state index is 8.88. The number of aromatic nitrogens is 1. The summed E-state index contributed by atoms with van der Waals surface area (Å²) in [5, 5.41) is 17.8. The molecule has 0 aliphatic carbocycles. The zero-order valence-electron chi connectivity index (χ0n) is 8.63. The lowest BCUT2D eigenvalue weighted by molar-refractivity contribution is 0.280. The molecule has 0 unspecified atom stereocenters. The Morgan fingerprint density at radius 3 is 2.47 bits per heavy atom. The highest BCUT2D eigenvalue weighted by Crippen LogP contribution is 2.11. The van der Waals surface area contributed by atoms with Crippen molar-refractivity contribution in [3.63, 3.8) is 0 Å². The Labute approximate surface area is 89.2 Å². The number of hydrogen-bond acceptors (Lipinski definition) is 5. The lowest BCUT2D eigenvalue weighted by Gasteiger charge is -2.21. The first kappa shape index (κ1) is 11.9. The molecule has 0 atom stereocenters. The summed E-state index contributed by atoms with van der Waals surface area (Å²) in [5.41, 5.74) is 6.51. The van der Waals surface area contributed by atoms with Crippen LogP contribution < -0.4 is 10.6 Å². The van der Waals surface area contributed by atoms with Crippen LogP contribution in [0.15, 0.2) is 18.3 Å². The Morgan fingerprint density at radius 2 is 1.93 bits per heavy atom. The van der Waals surface area contributed by atoms with Gasteiger partial charge in [-0.25, -0.2) is 4.98 Å². The Balaban J connectivity index is 2.79. The Hall–Kier alpha value is -1.17. The van der Waals surface area contributed by atoms with Gasteiger partial charge >= 0.3 is 0 Å². The zero-order chi connectivity index (χ0) is 11.1. The van der Waals surface area contributed by atoms with Crippen LogP contribution >= 0.6 is 0 Å². The molecule has 0 aromatic carbocycles. The molecule has 1 aromatic rings. The van der Waals surface area contributed by atoms with Gasteiger partial charge in [-0.2, -0.15) is 0 Å². The predicted octanol–water partition coefficient (Wildman–Crippen LogP) is -0.669. The van der Waals surface area contributed by atoms with E-state index in [0.29, 0.717) is 19.6 Å². The van der Waals surface area contributed by atoms with E-state index in [1.165, 1.54) is 0 Å². The molecule has 5 heteroatoms. The van der Waals surface area contributed by atoms with E-state index in [9.17, 15) is 0 Å². The fourth-order valence-electron chi connectivity index (χ4n) is 1.34. The second-order valence-electron chi connectivity index (χ2n) is 3.16. The van der Waals surface area contributed by atoms with E-state index in [4.69, 9.17) is 15.9 Å². The first-order valence-electron chi connectivity index (χ1n) is 4.93. The van der Waals surface area contributed by atoms with Gasteiger partial charge in [-0.15, -0.1) is 0 Å². The third-order valence-electron chi connectivity index (χ3n) is 2.11. The summed E-state index contributed by atoms with van der Waals surface area (Å²) in [5.74, 6) is 0.737. The fourth-order valence-corrected chi connectivity index (χ4v) is 1.34.